The van der Waals surface area contributed by atoms with Gasteiger partial charge in [-0.2, -0.15) is 0 Å². The summed E-state index contributed by atoms with van der Waals surface area (Å²) in [4.78, 5) is 17.4. The van der Waals surface area contributed by atoms with Crippen LogP contribution in [0.5, 0.6) is 0 Å². The van der Waals surface area contributed by atoms with Gasteiger partial charge in [0.05, 0.1) is 5.69 Å². The predicted molar refractivity (Wildman–Crippen MR) is 97.8 cm³/mol. The number of amidine groups is 1. The van der Waals surface area contributed by atoms with Crippen molar-refractivity contribution in [3.8, 4) is 0 Å². The van der Waals surface area contributed by atoms with Crippen LogP contribution < -0.4 is 5.32 Å². The van der Waals surface area contributed by atoms with Crippen LogP contribution in [-0.2, 0) is 4.79 Å². The SMILES string of the molecule is C=CN=C(Nc1ccc(C)cc1F)/C(C(=O)N(C)C)=C(/C)O.CC. The van der Waals surface area contributed by atoms with Crippen LogP contribution in [-0.4, -0.2) is 35.8 Å². The molecule has 0 fully saturated rings. The number of carbonyl (C=O) groups is 1. The molecule has 0 aliphatic rings. The average Bonchev–Trinajstić information content (AvgIpc) is 2.51. The van der Waals surface area contributed by atoms with Crippen molar-refractivity contribution < 1.29 is 14.3 Å². The van der Waals surface area contributed by atoms with E-state index < -0.39 is 11.7 Å². The molecule has 0 saturated heterocycles. The number of amides is 1. The van der Waals surface area contributed by atoms with Gasteiger partial charge in [0.1, 0.15) is 23.0 Å². The lowest BCUT2D eigenvalue weighted by Gasteiger charge is -2.17. The smallest absolute Gasteiger partial charge is 0.260 e. The van der Waals surface area contributed by atoms with Crippen LogP contribution in [0.25, 0.3) is 0 Å². The number of aliphatic hydroxyl groups is 1. The molecule has 0 bridgehead atoms. The molecule has 0 heterocycles. The Morgan fingerprint density at radius 1 is 1.38 bits per heavy atom. The lowest BCUT2D eigenvalue weighted by molar-refractivity contribution is -0.124. The maximum absolute atomic E-state index is 14.0. The number of likely N-dealkylation sites (N-methyl/N-ethyl adjacent to an activating group) is 1. The molecule has 0 spiro atoms. The number of allylic oxidation sites excluding steroid dienone is 1. The van der Waals surface area contributed by atoms with Crippen LogP contribution >= 0.6 is 0 Å². The number of rotatable bonds is 4. The summed E-state index contributed by atoms with van der Waals surface area (Å²) in [5.74, 6) is -1.14. The van der Waals surface area contributed by atoms with Crippen LogP contribution in [0.15, 0.2) is 47.3 Å². The number of aryl methyl sites for hydroxylation is 1. The first kappa shape index (κ1) is 21.4. The fourth-order valence-electron chi connectivity index (χ4n) is 1.75. The molecule has 6 heteroatoms. The fourth-order valence-corrected chi connectivity index (χ4v) is 1.75. The number of anilines is 1. The topological polar surface area (TPSA) is 64.9 Å². The average molecular weight is 335 g/mol. The van der Waals surface area contributed by atoms with Gasteiger partial charge in [0, 0.05) is 20.3 Å². The Kier molecular flexibility index (Phi) is 9.08. The van der Waals surface area contributed by atoms with E-state index >= 15 is 0 Å². The molecule has 0 saturated carbocycles. The van der Waals surface area contributed by atoms with Crippen molar-refractivity contribution in [2.45, 2.75) is 27.7 Å². The molecule has 0 aliphatic carbocycles. The number of carbonyl (C=O) groups excluding carboxylic acids is 1. The summed E-state index contributed by atoms with van der Waals surface area (Å²) in [6.07, 6.45) is 1.21. The van der Waals surface area contributed by atoms with E-state index in [1.165, 1.54) is 30.2 Å². The zero-order valence-corrected chi connectivity index (χ0v) is 15.1. The Bertz CT molecular complexity index is 646. The third kappa shape index (κ3) is 5.87. The number of aliphatic imine (C=N–C) groups is 1. The summed E-state index contributed by atoms with van der Waals surface area (Å²) in [5, 5.41) is 12.5. The molecule has 0 aromatic heterocycles. The molecule has 1 amide bonds. The van der Waals surface area contributed by atoms with E-state index in [1.54, 1.807) is 27.1 Å². The van der Waals surface area contributed by atoms with E-state index in [9.17, 15) is 14.3 Å². The van der Waals surface area contributed by atoms with E-state index in [0.717, 1.165) is 5.56 Å². The lowest BCUT2D eigenvalue weighted by atomic mass is 10.1. The molecule has 0 radical (unpaired) electrons. The number of hydrogen-bond donors (Lipinski definition) is 2. The van der Waals surface area contributed by atoms with Crippen molar-refractivity contribution in [1.29, 1.82) is 0 Å². The molecular weight excluding hydrogens is 309 g/mol. The minimum absolute atomic E-state index is 0.0245. The number of nitrogens with zero attached hydrogens (tertiary/aromatic N) is 2. The second kappa shape index (κ2) is 10.2. The van der Waals surface area contributed by atoms with Gasteiger partial charge in [0.15, 0.2) is 0 Å². The minimum Gasteiger partial charge on any atom is -0.512 e. The van der Waals surface area contributed by atoms with Gasteiger partial charge in [-0.15, -0.1) is 0 Å². The maximum Gasteiger partial charge on any atom is 0.260 e. The summed E-state index contributed by atoms with van der Waals surface area (Å²) in [6, 6.07) is 4.62. The molecule has 0 unspecified atom stereocenters. The molecule has 1 aromatic carbocycles. The summed E-state index contributed by atoms with van der Waals surface area (Å²) >= 11 is 0. The second-order valence-corrected chi connectivity index (χ2v) is 4.93. The maximum atomic E-state index is 14.0. The normalized spacial score (nSPS) is 11.7. The number of hydrogen-bond acceptors (Lipinski definition) is 3. The van der Waals surface area contributed by atoms with Gasteiger partial charge < -0.3 is 15.3 Å². The third-order valence-corrected chi connectivity index (χ3v) is 2.82. The van der Waals surface area contributed by atoms with Gasteiger partial charge >= 0.3 is 0 Å². The van der Waals surface area contributed by atoms with Crippen LogP contribution in [0.3, 0.4) is 0 Å². The Balaban J connectivity index is 0.00000254. The van der Waals surface area contributed by atoms with E-state index in [0.29, 0.717) is 0 Å². The van der Waals surface area contributed by atoms with Crippen molar-refractivity contribution >= 4 is 17.4 Å². The highest BCUT2D eigenvalue weighted by Crippen LogP contribution is 2.18. The molecule has 5 nitrogen and oxygen atoms in total. The van der Waals surface area contributed by atoms with Gasteiger partial charge in [-0.05, 0) is 31.5 Å². The predicted octanol–water partition coefficient (Wildman–Crippen LogP) is 4.03. The minimum atomic E-state index is -0.482. The molecule has 0 aliphatic heterocycles. The highest BCUT2D eigenvalue weighted by Gasteiger charge is 2.22. The van der Waals surface area contributed by atoms with Crippen LogP contribution in [0.4, 0.5) is 10.1 Å². The van der Waals surface area contributed by atoms with Gasteiger partial charge in [0.25, 0.3) is 5.91 Å². The highest BCUT2D eigenvalue weighted by molar-refractivity contribution is 6.25. The molecular formula is C18H26FN3O2. The van der Waals surface area contributed by atoms with Crippen LogP contribution in [0, 0.1) is 12.7 Å². The van der Waals surface area contributed by atoms with Crippen molar-refractivity contribution in [1.82, 2.24) is 4.90 Å². The largest absolute Gasteiger partial charge is 0.512 e. The molecule has 2 N–H and O–H groups in total. The lowest BCUT2D eigenvalue weighted by Crippen LogP contribution is -2.31. The van der Waals surface area contributed by atoms with E-state index in [4.69, 9.17) is 0 Å². The standard InChI is InChI=1S/C16H20FN3O2.C2H6/c1-6-18-15(14(11(3)21)16(22)20(4)5)19-13-8-7-10(2)9-12(13)17;1-2/h6-9,21H,1H2,2-5H3,(H,18,19);1-2H3/b14-11+;. The van der Waals surface area contributed by atoms with Crippen LogP contribution in [0.1, 0.15) is 26.3 Å². The van der Waals surface area contributed by atoms with Crippen LogP contribution in [0.2, 0.25) is 0 Å². The summed E-state index contributed by atoms with van der Waals surface area (Å²) in [6.45, 7) is 10.6. The summed E-state index contributed by atoms with van der Waals surface area (Å²) in [5.41, 5.74) is 0.866. The Hall–Kier alpha value is -2.63. The van der Waals surface area contributed by atoms with Crippen molar-refractivity contribution in [2.75, 3.05) is 19.4 Å². The molecule has 1 aromatic rings. The summed E-state index contributed by atoms with van der Waals surface area (Å²) in [7, 11) is 3.09. The zero-order valence-electron chi connectivity index (χ0n) is 15.1. The zero-order chi connectivity index (χ0) is 18.9. The van der Waals surface area contributed by atoms with Gasteiger partial charge in [-0.1, -0.05) is 26.5 Å². The van der Waals surface area contributed by atoms with Gasteiger partial charge in [-0.25, -0.2) is 9.38 Å². The van der Waals surface area contributed by atoms with E-state index in [2.05, 4.69) is 16.9 Å². The monoisotopic (exact) mass is 335 g/mol. The van der Waals surface area contributed by atoms with Crippen molar-refractivity contribution in [2.24, 2.45) is 4.99 Å². The molecule has 132 valence electrons. The number of aliphatic hydroxyl groups excluding tert-OH is 1. The first-order valence-corrected chi connectivity index (χ1v) is 7.61. The number of benzene rings is 1. The summed E-state index contributed by atoms with van der Waals surface area (Å²) < 4.78 is 14.0. The van der Waals surface area contributed by atoms with Gasteiger partial charge in [-0.3, -0.25) is 4.79 Å². The Morgan fingerprint density at radius 3 is 2.38 bits per heavy atom. The molecule has 1 rings (SSSR count). The van der Waals surface area contributed by atoms with E-state index in [1.807, 2.05) is 13.8 Å². The quantitative estimate of drug-likeness (QED) is 0.378. The number of nitrogens with one attached hydrogen (secondary N) is 1. The first-order chi connectivity index (χ1) is 11.3. The third-order valence-electron chi connectivity index (χ3n) is 2.82. The fraction of sp³-hybridized carbons (Fsp3) is 0.333. The van der Waals surface area contributed by atoms with Crippen molar-refractivity contribution in [3.63, 3.8) is 0 Å². The Labute approximate surface area is 143 Å². The molecule has 0 atom stereocenters. The first-order valence-electron chi connectivity index (χ1n) is 7.61. The van der Waals surface area contributed by atoms with Gasteiger partial charge in [0.2, 0.25) is 0 Å². The number of halogens is 1. The Morgan fingerprint density at radius 2 is 1.96 bits per heavy atom. The van der Waals surface area contributed by atoms with E-state index in [-0.39, 0.29) is 22.9 Å². The second-order valence-electron chi connectivity index (χ2n) is 4.93. The van der Waals surface area contributed by atoms with Crippen molar-refractivity contribution in [3.05, 3.63) is 53.7 Å². The highest BCUT2D eigenvalue weighted by atomic mass is 19.1. The molecule has 24 heavy (non-hydrogen) atoms.